The van der Waals surface area contributed by atoms with Crippen molar-refractivity contribution in [1.29, 1.82) is 0 Å². The van der Waals surface area contributed by atoms with E-state index in [-0.39, 0.29) is 0 Å². The highest BCUT2D eigenvalue weighted by atomic mass is 32.1. The molecule has 1 saturated heterocycles. The Labute approximate surface area is 129 Å². The Balaban J connectivity index is 1.58. The van der Waals surface area contributed by atoms with Gasteiger partial charge >= 0.3 is 0 Å². The minimum absolute atomic E-state index is 0.555. The minimum Gasteiger partial charge on any atom is -0.351 e. The fraction of sp³-hybridized carbons (Fsp3) is 0.467. The smallest absolute Gasteiger partial charge is 0.193 e. The fourth-order valence-electron chi connectivity index (χ4n) is 2.79. The van der Waals surface area contributed by atoms with E-state index >= 15 is 0 Å². The van der Waals surface area contributed by atoms with Crippen LogP contribution < -0.4 is 5.32 Å². The van der Waals surface area contributed by atoms with Crippen LogP contribution in [0, 0.1) is 0 Å². The Hall–Kier alpha value is -1.82. The molecule has 1 atom stereocenters. The number of likely N-dealkylation sites (tertiary alicyclic amines) is 1. The van der Waals surface area contributed by atoms with Crippen LogP contribution in [0.1, 0.15) is 22.8 Å². The van der Waals surface area contributed by atoms with E-state index in [0.29, 0.717) is 5.92 Å². The van der Waals surface area contributed by atoms with Gasteiger partial charge in [0.15, 0.2) is 5.96 Å². The summed E-state index contributed by atoms with van der Waals surface area (Å²) in [6.45, 7) is 2.90. The van der Waals surface area contributed by atoms with Crippen LogP contribution in [0.25, 0.3) is 0 Å². The molecule has 0 spiro atoms. The van der Waals surface area contributed by atoms with E-state index in [2.05, 4.69) is 44.0 Å². The van der Waals surface area contributed by atoms with Crippen LogP contribution >= 0.6 is 11.3 Å². The molecule has 3 rings (SSSR count). The van der Waals surface area contributed by atoms with Gasteiger partial charge in [-0.2, -0.15) is 5.10 Å². The lowest BCUT2D eigenvalue weighted by molar-refractivity contribution is 0.486. The van der Waals surface area contributed by atoms with Gasteiger partial charge in [-0.3, -0.25) is 9.67 Å². The molecule has 0 aromatic carbocycles. The zero-order valence-corrected chi connectivity index (χ0v) is 13.3. The summed E-state index contributed by atoms with van der Waals surface area (Å²) in [5, 5.41) is 9.84. The van der Waals surface area contributed by atoms with Crippen LogP contribution in [0.5, 0.6) is 0 Å². The first-order valence-electron chi connectivity index (χ1n) is 7.23. The topological polar surface area (TPSA) is 45.5 Å². The lowest BCUT2D eigenvalue weighted by atomic mass is 10.0. The Morgan fingerprint density at radius 2 is 2.48 bits per heavy atom. The maximum atomic E-state index is 4.42. The van der Waals surface area contributed by atoms with Gasteiger partial charge in [0.1, 0.15) is 0 Å². The van der Waals surface area contributed by atoms with Gasteiger partial charge in [-0.1, -0.05) is 6.07 Å². The standard InChI is InChI=1S/C15H21N5S/c1-16-15(17-9-14-4-3-7-21-14)20-6-5-12(11-20)13-8-18-19(2)10-13/h3-4,7-8,10,12H,5-6,9,11H2,1-2H3,(H,16,17). The van der Waals surface area contributed by atoms with Crippen LogP contribution in [0.4, 0.5) is 0 Å². The molecule has 1 unspecified atom stereocenters. The number of thiophene rings is 1. The number of aryl methyl sites for hydroxylation is 1. The first-order chi connectivity index (χ1) is 10.3. The summed E-state index contributed by atoms with van der Waals surface area (Å²) in [5.41, 5.74) is 1.33. The molecule has 0 bridgehead atoms. The second-order valence-electron chi connectivity index (χ2n) is 5.36. The highest BCUT2D eigenvalue weighted by molar-refractivity contribution is 7.09. The van der Waals surface area contributed by atoms with Gasteiger partial charge in [0, 0.05) is 44.2 Å². The molecule has 0 aliphatic carbocycles. The van der Waals surface area contributed by atoms with Crippen molar-refractivity contribution < 1.29 is 0 Å². The molecule has 5 nitrogen and oxygen atoms in total. The SMILES string of the molecule is CN=C(NCc1cccs1)N1CCC(c2cnn(C)c2)C1. The van der Waals surface area contributed by atoms with Crippen LogP contribution in [0.15, 0.2) is 34.9 Å². The Morgan fingerprint density at radius 3 is 3.14 bits per heavy atom. The van der Waals surface area contributed by atoms with E-state index < -0.39 is 0 Å². The molecule has 0 saturated carbocycles. The summed E-state index contributed by atoms with van der Waals surface area (Å²) >= 11 is 1.77. The zero-order chi connectivity index (χ0) is 14.7. The Morgan fingerprint density at radius 1 is 1.57 bits per heavy atom. The average Bonchev–Trinajstić information content (AvgIpc) is 3.19. The summed E-state index contributed by atoms with van der Waals surface area (Å²) in [7, 11) is 3.83. The molecule has 1 N–H and O–H groups in total. The van der Waals surface area contributed by atoms with Crippen LogP contribution in [0.2, 0.25) is 0 Å². The maximum absolute atomic E-state index is 4.42. The quantitative estimate of drug-likeness (QED) is 0.697. The highest BCUT2D eigenvalue weighted by Gasteiger charge is 2.26. The number of aromatic nitrogens is 2. The van der Waals surface area contributed by atoms with Gasteiger partial charge in [0.25, 0.3) is 0 Å². The molecule has 1 aliphatic heterocycles. The lowest BCUT2D eigenvalue weighted by Crippen LogP contribution is -2.39. The number of rotatable bonds is 3. The molecule has 3 heterocycles. The second-order valence-corrected chi connectivity index (χ2v) is 6.39. The molecule has 1 aliphatic rings. The monoisotopic (exact) mass is 303 g/mol. The van der Waals surface area contributed by atoms with E-state index in [9.17, 15) is 0 Å². The summed E-state index contributed by atoms with van der Waals surface area (Å²) in [5.74, 6) is 1.55. The molecule has 0 amide bonds. The average molecular weight is 303 g/mol. The predicted octanol–water partition coefficient (Wildman–Crippen LogP) is 2.05. The van der Waals surface area contributed by atoms with Crippen LogP contribution in [-0.4, -0.2) is 40.8 Å². The number of guanidine groups is 1. The number of aliphatic imine (C=N–C) groups is 1. The largest absolute Gasteiger partial charge is 0.351 e. The summed E-state index contributed by atoms with van der Waals surface area (Å²) in [6, 6.07) is 4.23. The van der Waals surface area contributed by atoms with Crippen molar-refractivity contribution in [2.75, 3.05) is 20.1 Å². The van der Waals surface area contributed by atoms with Crippen LogP contribution in [0.3, 0.4) is 0 Å². The van der Waals surface area contributed by atoms with E-state index in [4.69, 9.17) is 0 Å². The third kappa shape index (κ3) is 3.26. The van der Waals surface area contributed by atoms with Crippen molar-refractivity contribution in [3.8, 4) is 0 Å². The molecule has 112 valence electrons. The number of nitrogens with one attached hydrogen (secondary N) is 1. The normalized spacial score (nSPS) is 19.2. The van der Waals surface area contributed by atoms with Crippen molar-refractivity contribution in [3.63, 3.8) is 0 Å². The maximum Gasteiger partial charge on any atom is 0.193 e. The Kier molecular flexibility index (Phi) is 4.24. The first-order valence-corrected chi connectivity index (χ1v) is 8.10. The van der Waals surface area contributed by atoms with E-state index in [1.807, 2.05) is 25.0 Å². The Bertz CT molecular complexity index is 601. The molecule has 6 heteroatoms. The summed E-state index contributed by atoms with van der Waals surface area (Å²) in [4.78, 5) is 8.09. The first kappa shape index (κ1) is 14.1. The van der Waals surface area contributed by atoms with Gasteiger partial charge in [0.05, 0.1) is 12.7 Å². The lowest BCUT2D eigenvalue weighted by Gasteiger charge is -2.21. The molecule has 21 heavy (non-hydrogen) atoms. The van der Waals surface area contributed by atoms with E-state index in [0.717, 1.165) is 32.0 Å². The summed E-state index contributed by atoms with van der Waals surface area (Å²) < 4.78 is 1.88. The number of nitrogens with zero attached hydrogens (tertiary/aromatic N) is 4. The number of hydrogen-bond donors (Lipinski definition) is 1. The van der Waals surface area contributed by atoms with Crippen molar-refractivity contribution in [2.45, 2.75) is 18.9 Å². The minimum atomic E-state index is 0.555. The third-order valence-electron chi connectivity index (χ3n) is 3.90. The molecular weight excluding hydrogens is 282 g/mol. The fourth-order valence-corrected chi connectivity index (χ4v) is 3.43. The van der Waals surface area contributed by atoms with Crippen molar-refractivity contribution in [3.05, 3.63) is 40.3 Å². The van der Waals surface area contributed by atoms with Gasteiger partial charge in [-0.05, 0) is 23.4 Å². The van der Waals surface area contributed by atoms with Gasteiger partial charge < -0.3 is 10.2 Å². The van der Waals surface area contributed by atoms with Gasteiger partial charge in [-0.15, -0.1) is 11.3 Å². The summed E-state index contributed by atoms with van der Waals surface area (Å²) in [6.07, 6.45) is 5.26. The predicted molar refractivity (Wildman–Crippen MR) is 86.7 cm³/mol. The second kappa shape index (κ2) is 6.30. The molecule has 0 radical (unpaired) electrons. The third-order valence-corrected chi connectivity index (χ3v) is 4.77. The number of hydrogen-bond acceptors (Lipinski definition) is 3. The molecule has 1 fully saturated rings. The van der Waals surface area contributed by atoms with E-state index in [1.165, 1.54) is 10.4 Å². The van der Waals surface area contributed by atoms with E-state index in [1.54, 1.807) is 11.3 Å². The van der Waals surface area contributed by atoms with Crippen LogP contribution in [-0.2, 0) is 13.6 Å². The zero-order valence-electron chi connectivity index (χ0n) is 12.5. The highest BCUT2D eigenvalue weighted by Crippen LogP contribution is 2.26. The molecule has 2 aromatic heterocycles. The van der Waals surface area contributed by atoms with Crippen molar-refractivity contribution in [2.24, 2.45) is 12.0 Å². The molecule has 2 aromatic rings. The van der Waals surface area contributed by atoms with Crippen molar-refractivity contribution in [1.82, 2.24) is 20.0 Å². The van der Waals surface area contributed by atoms with Gasteiger partial charge in [0.2, 0.25) is 0 Å². The van der Waals surface area contributed by atoms with Crippen molar-refractivity contribution >= 4 is 17.3 Å². The molecular formula is C15H21N5S. The van der Waals surface area contributed by atoms with Gasteiger partial charge in [-0.25, -0.2) is 0 Å².